The summed E-state index contributed by atoms with van der Waals surface area (Å²) in [4.78, 5) is 39.5. The Kier molecular flexibility index (Phi) is 8.46. The van der Waals surface area contributed by atoms with E-state index < -0.39 is 5.60 Å². The molecule has 2 aromatic rings. The monoisotopic (exact) mass is 654 g/mol. The Labute approximate surface area is 284 Å². The molecule has 5 aliphatic rings. The Hall–Kier alpha value is -3.65. The second-order valence-electron chi connectivity index (χ2n) is 16.0. The van der Waals surface area contributed by atoms with Crippen molar-refractivity contribution in [3.63, 3.8) is 0 Å². The number of amides is 1. The number of nitrogens with one attached hydrogen (secondary N) is 1. The summed E-state index contributed by atoms with van der Waals surface area (Å²) in [5.74, 6) is 1.19. The molecule has 2 saturated heterocycles. The summed E-state index contributed by atoms with van der Waals surface area (Å²) in [7, 11) is 2.81. The van der Waals surface area contributed by atoms with Crippen LogP contribution in [0.4, 0.5) is 4.79 Å². The fourth-order valence-corrected chi connectivity index (χ4v) is 9.63. The quantitative estimate of drug-likeness (QED) is 0.193. The molecular weight excluding hydrogens is 604 g/mol. The molecule has 0 radical (unpaired) electrons. The maximum absolute atomic E-state index is 13.5. The second kappa shape index (κ2) is 12.3. The van der Waals surface area contributed by atoms with E-state index >= 15 is 0 Å². The van der Waals surface area contributed by atoms with Gasteiger partial charge in [-0.1, -0.05) is 35.9 Å². The SMILES string of the molecule is COC(=O)c1ccc([C@@H]2C[C@@]3(CCN2)CC[C@@H]3C2=C[C@H]2[C@@H]2CC[C@@]23CCN(C(=O)OC(C)(C)C)[C@H](c2ccc(C(=O)OC)cc2)C3)cc1. The number of likely N-dealkylation sites (tertiary alicyclic amines) is 1. The topological polar surface area (TPSA) is 94.2 Å². The molecule has 8 heteroatoms. The minimum atomic E-state index is -0.573. The number of methoxy groups -OCH3 is 2. The van der Waals surface area contributed by atoms with Crippen molar-refractivity contribution in [1.29, 1.82) is 0 Å². The number of carbonyl (C=O) groups excluding carboxylic acids is 3. The first-order valence-corrected chi connectivity index (χ1v) is 17.8. The zero-order valence-corrected chi connectivity index (χ0v) is 29.1. The molecular formula is C40H50N2O6. The summed E-state index contributed by atoms with van der Waals surface area (Å²) in [5.41, 5.74) is 5.05. The number of benzene rings is 2. The molecule has 3 aliphatic carbocycles. The lowest BCUT2D eigenvalue weighted by Gasteiger charge is -2.58. The molecule has 0 bridgehead atoms. The van der Waals surface area contributed by atoms with Crippen LogP contribution >= 0.6 is 0 Å². The van der Waals surface area contributed by atoms with Crippen molar-refractivity contribution in [2.24, 2.45) is 28.6 Å². The van der Waals surface area contributed by atoms with Crippen LogP contribution in [-0.2, 0) is 14.2 Å². The van der Waals surface area contributed by atoms with Gasteiger partial charge in [0.25, 0.3) is 0 Å². The van der Waals surface area contributed by atoms with E-state index in [1.54, 1.807) is 5.57 Å². The van der Waals surface area contributed by atoms with Gasteiger partial charge in [-0.15, -0.1) is 0 Å². The summed E-state index contributed by atoms with van der Waals surface area (Å²) in [6.45, 7) is 7.43. The first kappa shape index (κ1) is 32.9. The predicted molar refractivity (Wildman–Crippen MR) is 182 cm³/mol. The fourth-order valence-electron chi connectivity index (χ4n) is 9.63. The summed E-state index contributed by atoms with van der Waals surface area (Å²) >= 11 is 0. The Morgan fingerprint density at radius 1 is 0.792 bits per heavy atom. The maximum Gasteiger partial charge on any atom is 0.410 e. The number of hydrogen-bond acceptors (Lipinski definition) is 7. The molecule has 256 valence electrons. The minimum Gasteiger partial charge on any atom is -0.465 e. The third-order valence-corrected chi connectivity index (χ3v) is 12.4. The average molecular weight is 655 g/mol. The lowest BCUT2D eigenvalue weighted by Crippen LogP contribution is -2.54. The number of rotatable bonds is 6. The number of ether oxygens (including phenoxy) is 3. The van der Waals surface area contributed by atoms with Crippen LogP contribution in [0.25, 0.3) is 0 Å². The van der Waals surface area contributed by atoms with Gasteiger partial charge in [-0.25, -0.2) is 14.4 Å². The smallest absolute Gasteiger partial charge is 0.410 e. The van der Waals surface area contributed by atoms with Crippen molar-refractivity contribution in [1.82, 2.24) is 10.2 Å². The predicted octanol–water partition coefficient (Wildman–Crippen LogP) is 7.81. The van der Waals surface area contributed by atoms with Crippen molar-refractivity contribution in [3.8, 4) is 0 Å². The van der Waals surface area contributed by atoms with Gasteiger partial charge in [-0.3, -0.25) is 0 Å². The molecule has 2 spiro atoms. The van der Waals surface area contributed by atoms with E-state index in [-0.39, 0.29) is 29.5 Å². The van der Waals surface area contributed by atoms with Crippen LogP contribution in [0.3, 0.4) is 0 Å². The molecule has 8 nitrogen and oxygen atoms in total. The summed E-state index contributed by atoms with van der Waals surface area (Å²) in [6, 6.07) is 15.7. The zero-order valence-electron chi connectivity index (χ0n) is 29.1. The molecule has 0 aromatic heterocycles. The van der Waals surface area contributed by atoms with Crippen molar-refractivity contribution >= 4 is 18.0 Å². The van der Waals surface area contributed by atoms with E-state index in [0.717, 1.165) is 31.4 Å². The molecule has 2 heterocycles. The highest BCUT2D eigenvalue weighted by molar-refractivity contribution is 5.89. The maximum atomic E-state index is 13.5. The van der Waals surface area contributed by atoms with Gasteiger partial charge in [0.05, 0.1) is 31.4 Å². The number of hydrogen-bond donors (Lipinski definition) is 1. The highest BCUT2D eigenvalue weighted by Crippen LogP contribution is 2.69. The van der Waals surface area contributed by atoms with E-state index in [9.17, 15) is 14.4 Å². The summed E-state index contributed by atoms with van der Waals surface area (Å²) in [6.07, 6.45) is 11.6. The van der Waals surface area contributed by atoms with Gasteiger partial charge in [0.1, 0.15) is 5.60 Å². The summed E-state index contributed by atoms with van der Waals surface area (Å²) in [5, 5.41) is 3.76. The van der Waals surface area contributed by atoms with Gasteiger partial charge in [0.2, 0.25) is 0 Å². The molecule has 1 amide bonds. The normalized spacial score (nSPS) is 32.5. The molecule has 7 rings (SSSR count). The molecule has 7 atom stereocenters. The molecule has 0 unspecified atom stereocenters. The van der Waals surface area contributed by atoms with Crippen LogP contribution in [0.15, 0.2) is 60.2 Å². The minimum absolute atomic E-state index is 0.101. The van der Waals surface area contributed by atoms with Crippen LogP contribution in [0.5, 0.6) is 0 Å². The Bertz CT molecular complexity index is 1590. The van der Waals surface area contributed by atoms with E-state index in [0.29, 0.717) is 46.9 Å². The van der Waals surface area contributed by atoms with E-state index in [1.165, 1.54) is 51.9 Å². The van der Waals surface area contributed by atoms with Gasteiger partial charge < -0.3 is 24.4 Å². The molecule has 48 heavy (non-hydrogen) atoms. The molecule has 4 fully saturated rings. The average Bonchev–Trinajstić information content (AvgIpc) is 3.83. The third kappa shape index (κ3) is 5.95. The van der Waals surface area contributed by atoms with Crippen LogP contribution in [-0.4, -0.2) is 55.8 Å². The largest absolute Gasteiger partial charge is 0.465 e. The first-order chi connectivity index (χ1) is 23.0. The first-order valence-electron chi connectivity index (χ1n) is 17.8. The number of carbonyl (C=O) groups is 3. The molecule has 2 saturated carbocycles. The number of esters is 2. The zero-order chi connectivity index (χ0) is 33.8. The van der Waals surface area contributed by atoms with Gasteiger partial charge >= 0.3 is 18.0 Å². The van der Waals surface area contributed by atoms with E-state index in [1.807, 2.05) is 62.1 Å². The number of allylic oxidation sites excluding steroid dienone is 2. The van der Waals surface area contributed by atoms with Crippen molar-refractivity contribution in [2.75, 3.05) is 27.3 Å². The van der Waals surface area contributed by atoms with Gasteiger partial charge in [0.15, 0.2) is 0 Å². The van der Waals surface area contributed by atoms with E-state index in [4.69, 9.17) is 14.2 Å². The van der Waals surface area contributed by atoms with Crippen molar-refractivity contribution in [3.05, 3.63) is 82.4 Å². The lowest BCUT2D eigenvalue weighted by atomic mass is 9.49. The van der Waals surface area contributed by atoms with Crippen LogP contribution in [0.2, 0.25) is 0 Å². The molecule has 1 N–H and O–H groups in total. The van der Waals surface area contributed by atoms with Gasteiger partial charge in [-0.05, 0) is 137 Å². The highest BCUT2D eigenvalue weighted by Gasteiger charge is 2.60. The Balaban J connectivity index is 1.05. The second-order valence-corrected chi connectivity index (χ2v) is 16.0. The van der Waals surface area contributed by atoms with Gasteiger partial charge in [0, 0.05) is 18.5 Å². The number of nitrogens with zero attached hydrogens (tertiary/aromatic N) is 1. The van der Waals surface area contributed by atoms with Crippen molar-refractivity contribution in [2.45, 2.75) is 89.8 Å². The molecule has 2 aromatic carbocycles. The lowest BCUT2D eigenvalue weighted by molar-refractivity contribution is -0.0748. The van der Waals surface area contributed by atoms with Crippen LogP contribution in [0.1, 0.15) is 116 Å². The Morgan fingerprint density at radius 2 is 1.42 bits per heavy atom. The van der Waals surface area contributed by atoms with Crippen LogP contribution < -0.4 is 5.32 Å². The van der Waals surface area contributed by atoms with Crippen LogP contribution in [0, 0.1) is 28.6 Å². The third-order valence-electron chi connectivity index (χ3n) is 12.4. The summed E-state index contributed by atoms with van der Waals surface area (Å²) < 4.78 is 15.7. The Morgan fingerprint density at radius 3 is 1.96 bits per heavy atom. The van der Waals surface area contributed by atoms with Gasteiger partial charge in [-0.2, -0.15) is 0 Å². The highest BCUT2D eigenvalue weighted by atomic mass is 16.6. The molecule has 2 aliphatic heterocycles. The van der Waals surface area contributed by atoms with Crippen molar-refractivity contribution < 1.29 is 28.6 Å². The fraction of sp³-hybridized carbons (Fsp3) is 0.575. The number of piperidine rings is 2. The van der Waals surface area contributed by atoms with E-state index in [2.05, 4.69) is 23.5 Å². The standard InChI is InChI=1S/C40H50N2O6/c1-38(2,3)48-37(45)42-21-19-40(24-34(42)26-8-12-28(13-9-26)36(44)47-5)17-15-32(40)30-22-29(30)31-14-16-39(31)18-20-41-33(23-39)25-6-10-27(11-7-25)35(43)46-4/h6-13,22,30-34,41H,14-21,23-24H2,1-5H3/t30-,31-,32+,33+,34+,39+,40+/m1/s1.